The maximum atomic E-state index is 11.4. The second-order valence-electron chi connectivity index (χ2n) is 5.10. The zero-order valence-electron chi connectivity index (χ0n) is 11.9. The maximum absolute atomic E-state index is 11.4. The smallest absolute Gasteiger partial charge is 0.123 e. The predicted molar refractivity (Wildman–Crippen MR) is 87.7 cm³/mol. The monoisotopic (exact) mass is 359 g/mol. The van der Waals surface area contributed by atoms with E-state index < -0.39 is 10.8 Å². The number of benzene rings is 1. The molecule has 0 radical (unpaired) electrons. The van der Waals surface area contributed by atoms with E-state index in [1.54, 1.807) is 0 Å². The first-order valence-electron chi connectivity index (χ1n) is 7.18. The zero-order chi connectivity index (χ0) is 14.4. The molecule has 5 heteroatoms. The minimum absolute atomic E-state index is 0.478. The van der Waals surface area contributed by atoms with Crippen molar-refractivity contribution < 1.29 is 8.95 Å². The fourth-order valence-electron chi connectivity index (χ4n) is 2.29. The minimum atomic E-state index is -0.594. The Kier molecular flexibility index (Phi) is 6.52. The van der Waals surface area contributed by atoms with Gasteiger partial charge in [0, 0.05) is 44.9 Å². The van der Waals surface area contributed by atoms with E-state index in [1.165, 1.54) is 5.56 Å². The molecule has 1 saturated heterocycles. The van der Waals surface area contributed by atoms with E-state index in [0.717, 1.165) is 54.1 Å². The molecule has 2 rings (SSSR count). The Hall–Kier alpha value is -0.390. The van der Waals surface area contributed by atoms with Gasteiger partial charge >= 0.3 is 0 Å². The number of ether oxygens (including phenoxy) is 1. The standard InChI is InChI=1S/C15H22BrNO2S/c1-2-7-19-15-4-3-13(16)10-12(15)11-17-14-5-8-20(18)9-6-14/h3-4,10,14,17H,2,5-9,11H2,1H3. The summed E-state index contributed by atoms with van der Waals surface area (Å²) in [6.07, 6.45) is 3.02. The van der Waals surface area contributed by atoms with Crippen LogP contribution in [0.15, 0.2) is 22.7 Å². The van der Waals surface area contributed by atoms with Gasteiger partial charge in [-0.25, -0.2) is 0 Å². The molecule has 0 amide bonds. The highest BCUT2D eigenvalue weighted by molar-refractivity contribution is 9.10. The van der Waals surface area contributed by atoms with E-state index in [-0.39, 0.29) is 0 Å². The molecule has 0 bridgehead atoms. The molecular weight excluding hydrogens is 338 g/mol. The number of halogens is 1. The van der Waals surface area contributed by atoms with Crippen LogP contribution in [0.25, 0.3) is 0 Å². The molecule has 0 aliphatic carbocycles. The molecule has 0 spiro atoms. The van der Waals surface area contributed by atoms with Crippen LogP contribution in [0.5, 0.6) is 5.75 Å². The molecule has 0 unspecified atom stereocenters. The highest BCUT2D eigenvalue weighted by atomic mass is 79.9. The van der Waals surface area contributed by atoms with E-state index in [2.05, 4.69) is 34.2 Å². The van der Waals surface area contributed by atoms with Gasteiger partial charge < -0.3 is 10.1 Å². The highest BCUT2D eigenvalue weighted by Crippen LogP contribution is 2.24. The van der Waals surface area contributed by atoms with Gasteiger partial charge in [0.2, 0.25) is 0 Å². The van der Waals surface area contributed by atoms with Crippen LogP contribution < -0.4 is 10.1 Å². The molecule has 1 heterocycles. The number of hydrogen-bond donors (Lipinski definition) is 1. The first kappa shape index (κ1) is 16.0. The average molecular weight is 360 g/mol. The van der Waals surface area contributed by atoms with Crippen LogP contribution in [0.2, 0.25) is 0 Å². The fourth-order valence-corrected chi connectivity index (χ4v) is 4.00. The lowest BCUT2D eigenvalue weighted by molar-refractivity contribution is 0.312. The van der Waals surface area contributed by atoms with Gasteiger partial charge in [-0.15, -0.1) is 0 Å². The Morgan fingerprint density at radius 3 is 2.85 bits per heavy atom. The first-order chi connectivity index (χ1) is 9.69. The normalized spacial score (nSPS) is 22.7. The second kappa shape index (κ2) is 8.15. The van der Waals surface area contributed by atoms with Crippen LogP contribution >= 0.6 is 15.9 Å². The summed E-state index contributed by atoms with van der Waals surface area (Å²) in [6, 6.07) is 6.62. The molecule has 1 aliphatic rings. The van der Waals surface area contributed by atoms with Gasteiger partial charge in [0.1, 0.15) is 5.75 Å². The molecular formula is C15H22BrNO2S. The lowest BCUT2D eigenvalue weighted by atomic mass is 10.1. The van der Waals surface area contributed by atoms with Crippen LogP contribution in [0, 0.1) is 0 Å². The Bertz CT molecular complexity index is 457. The third kappa shape index (κ3) is 4.86. The number of hydrogen-bond acceptors (Lipinski definition) is 3. The Labute approximate surface area is 132 Å². The molecule has 0 atom stereocenters. The Morgan fingerprint density at radius 1 is 1.40 bits per heavy atom. The third-order valence-electron chi connectivity index (χ3n) is 3.45. The molecule has 1 N–H and O–H groups in total. The average Bonchev–Trinajstić information content (AvgIpc) is 2.46. The van der Waals surface area contributed by atoms with Gasteiger partial charge in [-0.1, -0.05) is 22.9 Å². The van der Waals surface area contributed by atoms with Crippen molar-refractivity contribution in [3.63, 3.8) is 0 Å². The molecule has 0 saturated carbocycles. The molecule has 1 aromatic carbocycles. The van der Waals surface area contributed by atoms with Gasteiger partial charge in [0.15, 0.2) is 0 Å². The van der Waals surface area contributed by atoms with Crippen LogP contribution in [0.3, 0.4) is 0 Å². The number of nitrogens with one attached hydrogen (secondary N) is 1. The van der Waals surface area contributed by atoms with E-state index in [0.29, 0.717) is 6.04 Å². The summed E-state index contributed by atoms with van der Waals surface area (Å²) in [5, 5.41) is 3.57. The minimum Gasteiger partial charge on any atom is -0.493 e. The molecule has 0 aromatic heterocycles. The van der Waals surface area contributed by atoms with E-state index in [4.69, 9.17) is 4.74 Å². The van der Waals surface area contributed by atoms with Crippen LogP contribution in [0.1, 0.15) is 31.7 Å². The van der Waals surface area contributed by atoms with Crippen molar-refractivity contribution in [1.82, 2.24) is 5.32 Å². The fraction of sp³-hybridized carbons (Fsp3) is 0.600. The third-order valence-corrected chi connectivity index (χ3v) is 5.33. The predicted octanol–water partition coefficient (Wildman–Crippen LogP) is 3.24. The second-order valence-corrected chi connectivity index (χ2v) is 7.72. The van der Waals surface area contributed by atoms with E-state index >= 15 is 0 Å². The highest BCUT2D eigenvalue weighted by Gasteiger charge is 2.17. The van der Waals surface area contributed by atoms with Crippen molar-refractivity contribution in [2.24, 2.45) is 0 Å². The summed E-state index contributed by atoms with van der Waals surface area (Å²) in [5.74, 6) is 2.62. The summed E-state index contributed by atoms with van der Waals surface area (Å²) in [5.41, 5.74) is 1.18. The summed E-state index contributed by atoms with van der Waals surface area (Å²) >= 11 is 3.51. The van der Waals surface area contributed by atoms with Crippen molar-refractivity contribution in [2.75, 3.05) is 18.1 Å². The van der Waals surface area contributed by atoms with Crippen LogP contribution in [-0.2, 0) is 17.3 Å². The van der Waals surface area contributed by atoms with Gasteiger partial charge in [-0.05, 0) is 37.5 Å². The summed E-state index contributed by atoms with van der Waals surface area (Å²) in [4.78, 5) is 0. The molecule has 1 aromatic rings. The van der Waals surface area contributed by atoms with Crippen LogP contribution in [-0.4, -0.2) is 28.4 Å². The molecule has 112 valence electrons. The summed E-state index contributed by atoms with van der Waals surface area (Å²) < 4.78 is 18.2. The SMILES string of the molecule is CCCOc1ccc(Br)cc1CNC1CCS(=O)CC1. The van der Waals surface area contributed by atoms with Gasteiger partial charge in [0.05, 0.1) is 6.61 Å². The van der Waals surface area contributed by atoms with Gasteiger partial charge in [0.25, 0.3) is 0 Å². The molecule has 20 heavy (non-hydrogen) atoms. The molecule has 1 aliphatic heterocycles. The van der Waals surface area contributed by atoms with Crippen molar-refractivity contribution in [1.29, 1.82) is 0 Å². The lowest BCUT2D eigenvalue weighted by Gasteiger charge is -2.23. The quantitative estimate of drug-likeness (QED) is 0.847. The Morgan fingerprint density at radius 2 is 2.15 bits per heavy atom. The zero-order valence-corrected chi connectivity index (χ0v) is 14.3. The maximum Gasteiger partial charge on any atom is 0.123 e. The first-order valence-corrected chi connectivity index (χ1v) is 9.46. The summed E-state index contributed by atoms with van der Waals surface area (Å²) in [7, 11) is -0.594. The number of rotatable bonds is 6. The van der Waals surface area contributed by atoms with Crippen molar-refractivity contribution in [3.05, 3.63) is 28.2 Å². The van der Waals surface area contributed by atoms with Crippen molar-refractivity contribution in [3.8, 4) is 5.75 Å². The van der Waals surface area contributed by atoms with Gasteiger partial charge in [-0.3, -0.25) is 4.21 Å². The lowest BCUT2D eigenvalue weighted by Crippen LogP contribution is -2.35. The largest absolute Gasteiger partial charge is 0.493 e. The van der Waals surface area contributed by atoms with Crippen molar-refractivity contribution in [2.45, 2.75) is 38.8 Å². The Balaban J connectivity index is 1.93. The van der Waals surface area contributed by atoms with E-state index in [1.807, 2.05) is 12.1 Å². The van der Waals surface area contributed by atoms with Crippen LogP contribution in [0.4, 0.5) is 0 Å². The van der Waals surface area contributed by atoms with Crippen molar-refractivity contribution >= 4 is 26.7 Å². The van der Waals surface area contributed by atoms with E-state index in [9.17, 15) is 4.21 Å². The molecule has 1 fully saturated rings. The molecule has 3 nitrogen and oxygen atoms in total. The topological polar surface area (TPSA) is 38.3 Å². The van der Waals surface area contributed by atoms with Gasteiger partial charge in [-0.2, -0.15) is 0 Å². The summed E-state index contributed by atoms with van der Waals surface area (Å²) in [6.45, 7) is 3.66.